The van der Waals surface area contributed by atoms with Crippen molar-refractivity contribution in [2.45, 2.75) is 69.7 Å². The number of hydrogen-bond acceptors (Lipinski definition) is 6. The lowest BCUT2D eigenvalue weighted by molar-refractivity contribution is -0.129. The number of hydrogen-bond donors (Lipinski definition) is 2. The molecule has 0 aliphatic carbocycles. The number of likely N-dealkylation sites (tertiary alicyclic amines) is 1. The van der Waals surface area contributed by atoms with E-state index in [9.17, 15) is 14.3 Å². The summed E-state index contributed by atoms with van der Waals surface area (Å²) in [6.45, 7) is 3.44. The number of aliphatic hydroxyl groups is 1. The molecule has 0 bridgehead atoms. The average molecular weight is 460 g/mol. The molecular formula is C24H34FN5O3. The van der Waals surface area contributed by atoms with Crippen molar-refractivity contribution in [2.75, 3.05) is 26.2 Å². The van der Waals surface area contributed by atoms with Gasteiger partial charge < -0.3 is 20.1 Å². The molecule has 0 unspecified atom stereocenters. The average Bonchev–Trinajstić information content (AvgIpc) is 3.32. The molecule has 2 N–H and O–H groups in total. The third-order valence-electron chi connectivity index (χ3n) is 6.58. The van der Waals surface area contributed by atoms with Crippen LogP contribution in [-0.4, -0.2) is 75.4 Å². The molecule has 8 nitrogen and oxygen atoms in total. The van der Waals surface area contributed by atoms with E-state index in [1.54, 1.807) is 23.0 Å². The first kappa shape index (κ1) is 23.8. The number of nitrogens with one attached hydrogen (secondary N) is 1. The predicted molar refractivity (Wildman–Crippen MR) is 122 cm³/mol. The van der Waals surface area contributed by atoms with Crippen molar-refractivity contribution in [3.05, 3.63) is 36.3 Å². The van der Waals surface area contributed by atoms with Crippen molar-refractivity contribution >= 4 is 5.91 Å². The van der Waals surface area contributed by atoms with Gasteiger partial charge in [-0.2, -0.15) is 0 Å². The Morgan fingerprint density at radius 3 is 2.85 bits per heavy atom. The van der Waals surface area contributed by atoms with Crippen LogP contribution in [0.3, 0.4) is 0 Å². The number of piperidine rings is 1. The maximum Gasteiger partial charge on any atom is 0.221 e. The minimum Gasteiger partial charge on any atom is -0.394 e. The van der Waals surface area contributed by atoms with Crippen LogP contribution in [-0.2, 0) is 16.1 Å². The first-order valence-electron chi connectivity index (χ1n) is 12.0. The third kappa shape index (κ3) is 6.82. The number of halogens is 1. The standard InChI is InChI=1S/C24H34FN5O3/c25-19-6-4-5-18(15-19)22-16-30(28-27-22)14-9-20-7-8-21(23(17-31)33-20)26-24(32)10-13-29-11-2-1-3-12-29/h4-6,15-16,20-21,23,31H,1-3,7-14,17H2,(H,26,32)/t20-,21-,23-/m1/s1. The van der Waals surface area contributed by atoms with Gasteiger partial charge >= 0.3 is 0 Å². The second kappa shape index (κ2) is 11.7. The highest BCUT2D eigenvalue weighted by Crippen LogP contribution is 2.23. The number of rotatable bonds is 9. The Labute approximate surface area is 194 Å². The second-order valence-electron chi connectivity index (χ2n) is 9.05. The predicted octanol–water partition coefficient (Wildman–Crippen LogP) is 2.38. The van der Waals surface area contributed by atoms with Crippen molar-refractivity contribution in [3.63, 3.8) is 0 Å². The zero-order chi connectivity index (χ0) is 23.0. The monoisotopic (exact) mass is 459 g/mol. The number of benzene rings is 1. The quantitative estimate of drug-likeness (QED) is 0.598. The van der Waals surface area contributed by atoms with Crippen LogP contribution in [0.25, 0.3) is 11.3 Å². The summed E-state index contributed by atoms with van der Waals surface area (Å²) in [5.74, 6) is -0.278. The van der Waals surface area contributed by atoms with Crippen LogP contribution in [0.2, 0.25) is 0 Å². The van der Waals surface area contributed by atoms with Crippen LogP contribution < -0.4 is 5.32 Å². The molecule has 9 heteroatoms. The lowest BCUT2D eigenvalue weighted by atomic mass is 9.97. The Bertz CT molecular complexity index is 902. The number of nitrogens with zero attached hydrogens (tertiary/aromatic N) is 4. The van der Waals surface area contributed by atoms with Crippen molar-refractivity contribution in [1.29, 1.82) is 0 Å². The van der Waals surface area contributed by atoms with Crippen LogP contribution in [0, 0.1) is 5.82 Å². The lowest BCUT2D eigenvalue weighted by Gasteiger charge is -2.36. The minimum atomic E-state index is -0.402. The van der Waals surface area contributed by atoms with Crippen LogP contribution in [0.1, 0.15) is 44.9 Å². The number of aromatic nitrogens is 3. The lowest BCUT2D eigenvalue weighted by Crippen LogP contribution is -2.51. The van der Waals surface area contributed by atoms with Gasteiger partial charge in [-0.3, -0.25) is 9.48 Å². The molecule has 0 radical (unpaired) electrons. The van der Waals surface area contributed by atoms with Crippen molar-refractivity contribution in [1.82, 2.24) is 25.2 Å². The summed E-state index contributed by atoms with van der Waals surface area (Å²) in [7, 11) is 0. The van der Waals surface area contributed by atoms with E-state index in [4.69, 9.17) is 4.74 Å². The van der Waals surface area contributed by atoms with Crippen LogP contribution in [0.15, 0.2) is 30.5 Å². The fourth-order valence-corrected chi connectivity index (χ4v) is 4.69. The van der Waals surface area contributed by atoms with Gasteiger partial charge in [0.1, 0.15) is 17.6 Å². The van der Waals surface area contributed by atoms with Crippen molar-refractivity contribution < 1.29 is 19.0 Å². The van der Waals surface area contributed by atoms with Gasteiger partial charge in [-0.15, -0.1) is 5.10 Å². The maximum absolute atomic E-state index is 13.4. The smallest absolute Gasteiger partial charge is 0.221 e. The van der Waals surface area contributed by atoms with Gasteiger partial charge in [-0.25, -0.2) is 4.39 Å². The minimum absolute atomic E-state index is 0.0227. The largest absolute Gasteiger partial charge is 0.394 e. The van der Waals surface area contributed by atoms with Crippen LogP contribution >= 0.6 is 0 Å². The van der Waals surface area contributed by atoms with E-state index in [0.29, 0.717) is 24.2 Å². The van der Waals surface area contributed by atoms with E-state index in [-0.39, 0.29) is 30.5 Å². The summed E-state index contributed by atoms with van der Waals surface area (Å²) in [5.41, 5.74) is 1.31. The summed E-state index contributed by atoms with van der Waals surface area (Å²) in [5, 5.41) is 21.2. The first-order chi connectivity index (χ1) is 16.1. The number of aliphatic hydroxyl groups excluding tert-OH is 1. The molecule has 0 spiro atoms. The summed E-state index contributed by atoms with van der Waals surface area (Å²) in [6.07, 6.45) is 7.87. The highest BCUT2D eigenvalue weighted by molar-refractivity contribution is 5.76. The van der Waals surface area contributed by atoms with Crippen LogP contribution in [0.5, 0.6) is 0 Å². The molecule has 33 heavy (non-hydrogen) atoms. The molecule has 3 heterocycles. The molecule has 3 atom stereocenters. The molecule has 180 valence electrons. The topological polar surface area (TPSA) is 92.5 Å². The van der Waals surface area contributed by atoms with Gasteiger partial charge in [0.05, 0.1) is 24.9 Å². The van der Waals surface area contributed by atoms with Gasteiger partial charge in [0.2, 0.25) is 5.91 Å². The van der Waals surface area contributed by atoms with E-state index in [0.717, 1.165) is 38.9 Å². The zero-order valence-electron chi connectivity index (χ0n) is 19.0. The van der Waals surface area contributed by atoms with Gasteiger partial charge in [-0.1, -0.05) is 23.8 Å². The summed E-state index contributed by atoms with van der Waals surface area (Å²) in [4.78, 5) is 14.8. The summed E-state index contributed by atoms with van der Waals surface area (Å²) < 4.78 is 21.3. The number of aryl methyl sites for hydroxylation is 1. The van der Waals surface area contributed by atoms with Crippen molar-refractivity contribution in [2.24, 2.45) is 0 Å². The molecule has 1 aromatic carbocycles. The fraction of sp³-hybridized carbons (Fsp3) is 0.625. The van der Waals surface area contributed by atoms with E-state index < -0.39 is 6.10 Å². The maximum atomic E-state index is 13.4. The highest BCUT2D eigenvalue weighted by atomic mass is 19.1. The highest BCUT2D eigenvalue weighted by Gasteiger charge is 2.31. The van der Waals surface area contributed by atoms with Gasteiger partial charge in [-0.05, 0) is 57.3 Å². The summed E-state index contributed by atoms with van der Waals surface area (Å²) >= 11 is 0. The normalized spacial score (nSPS) is 24.0. The number of carbonyl (C=O) groups excluding carboxylic acids is 1. The Kier molecular flexibility index (Phi) is 8.41. The van der Waals surface area contributed by atoms with Crippen LogP contribution in [0.4, 0.5) is 4.39 Å². The SMILES string of the molecule is O=C(CCN1CCCCC1)N[C@@H]1CC[C@H](CCn2cc(-c3cccc(F)c3)nn2)O[C@@H]1CO. The third-order valence-corrected chi connectivity index (χ3v) is 6.58. The molecule has 2 aromatic rings. The molecule has 2 saturated heterocycles. The molecule has 4 rings (SSSR count). The molecular weight excluding hydrogens is 425 g/mol. The molecule has 1 aromatic heterocycles. The Balaban J connectivity index is 1.21. The fourth-order valence-electron chi connectivity index (χ4n) is 4.69. The molecule has 2 aliphatic rings. The van der Waals surface area contributed by atoms with E-state index in [2.05, 4.69) is 20.5 Å². The molecule has 1 amide bonds. The Morgan fingerprint density at radius 1 is 1.21 bits per heavy atom. The van der Waals surface area contributed by atoms with Gasteiger partial charge in [0.15, 0.2) is 0 Å². The second-order valence-corrected chi connectivity index (χ2v) is 9.05. The van der Waals surface area contributed by atoms with Gasteiger partial charge in [0.25, 0.3) is 0 Å². The Hall–Kier alpha value is -2.36. The molecule has 2 fully saturated rings. The van der Waals surface area contributed by atoms with Gasteiger partial charge in [0, 0.05) is 25.1 Å². The van der Waals surface area contributed by atoms with Crippen molar-refractivity contribution in [3.8, 4) is 11.3 Å². The Morgan fingerprint density at radius 2 is 2.06 bits per heavy atom. The molecule has 0 saturated carbocycles. The van der Waals surface area contributed by atoms with E-state index in [1.807, 2.05) is 0 Å². The molecule has 2 aliphatic heterocycles. The number of amides is 1. The zero-order valence-corrected chi connectivity index (χ0v) is 19.0. The first-order valence-corrected chi connectivity index (χ1v) is 12.0. The number of carbonyl (C=O) groups is 1. The van der Waals surface area contributed by atoms with E-state index >= 15 is 0 Å². The number of ether oxygens (including phenoxy) is 1. The van der Waals surface area contributed by atoms with E-state index in [1.165, 1.54) is 31.4 Å². The summed E-state index contributed by atoms with van der Waals surface area (Å²) in [6, 6.07) is 6.12.